The number of hydrogen-bond acceptors (Lipinski definition) is 4. The van der Waals surface area contributed by atoms with Crippen molar-refractivity contribution in [1.29, 1.82) is 0 Å². The van der Waals surface area contributed by atoms with Crippen molar-refractivity contribution in [3.8, 4) is 11.4 Å². The normalized spacial score (nSPS) is 11.2. The quantitative estimate of drug-likeness (QED) is 0.717. The number of imidazole rings is 1. The Labute approximate surface area is 146 Å². The van der Waals surface area contributed by atoms with Crippen LogP contribution in [0.25, 0.3) is 16.7 Å². The number of methoxy groups -OCH3 is 1. The number of fused-ring (bicyclic) bond motifs is 1. The third-order valence-electron chi connectivity index (χ3n) is 4.08. The number of nitrogens with zero attached hydrogens (tertiary/aromatic N) is 3. The van der Waals surface area contributed by atoms with Gasteiger partial charge in [-0.15, -0.1) is 0 Å². The molecule has 0 amide bonds. The molecule has 6 nitrogen and oxygen atoms in total. The minimum atomic E-state index is -0.796. The monoisotopic (exact) mass is 339 g/mol. The molecule has 25 heavy (non-hydrogen) atoms. The van der Waals surface area contributed by atoms with Crippen LogP contribution in [0.4, 0.5) is 0 Å². The van der Waals surface area contributed by atoms with Crippen LogP contribution in [0, 0.1) is 0 Å². The summed E-state index contributed by atoms with van der Waals surface area (Å²) in [5.41, 5.74) is 2.94. The molecule has 2 aromatic carbocycles. The van der Waals surface area contributed by atoms with Gasteiger partial charge < -0.3 is 9.84 Å². The molecule has 0 fully saturated rings. The first-order chi connectivity index (χ1) is 12.1. The second-order valence-corrected chi connectivity index (χ2v) is 5.93. The Balaban J connectivity index is 1.98. The van der Waals surface area contributed by atoms with E-state index < -0.39 is 5.97 Å². The molecule has 3 rings (SSSR count). The van der Waals surface area contributed by atoms with Gasteiger partial charge in [0, 0.05) is 12.2 Å². The third kappa shape index (κ3) is 3.80. The Bertz CT molecular complexity index is 871. The fourth-order valence-electron chi connectivity index (χ4n) is 2.81. The van der Waals surface area contributed by atoms with Crippen molar-refractivity contribution >= 4 is 17.0 Å². The molecule has 6 heteroatoms. The van der Waals surface area contributed by atoms with Gasteiger partial charge in [-0.1, -0.05) is 12.1 Å². The summed E-state index contributed by atoms with van der Waals surface area (Å²) < 4.78 is 7.34. The molecule has 0 radical (unpaired) electrons. The van der Waals surface area contributed by atoms with Gasteiger partial charge in [0.05, 0.1) is 31.1 Å². The molecule has 0 aliphatic rings. The Hall–Kier alpha value is -2.86. The number of hydrogen-bond donors (Lipinski definition) is 1. The van der Waals surface area contributed by atoms with Crippen LogP contribution in [0.2, 0.25) is 0 Å². The van der Waals surface area contributed by atoms with E-state index in [4.69, 9.17) is 14.8 Å². The van der Waals surface area contributed by atoms with Crippen LogP contribution in [0.15, 0.2) is 48.5 Å². The Kier molecular flexibility index (Phi) is 5.00. The van der Waals surface area contributed by atoms with E-state index in [0.29, 0.717) is 13.1 Å². The Morgan fingerprint density at radius 2 is 1.92 bits per heavy atom. The van der Waals surface area contributed by atoms with Crippen molar-refractivity contribution in [3.63, 3.8) is 0 Å². The highest BCUT2D eigenvalue weighted by molar-refractivity contribution is 5.78. The second kappa shape index (κ2) is 7.36. The largest absolute Gasteiger partial charge is 0.497 e. The van der Waals surface area contributed by atoms with Crippen molar-refractivity contribution in [2.24, 2.45) is 0 Å². The summed E-state index contributed by atoms with van der Waals surface area (Å²) in [6.45, 7) is 1.04. The van der Waals surface area contributed by atoms with Gasteiger partial charge in [-0.2, -0.15) is 0 Å². The molecule has 3 aromatic rings. The summed E-state index contributed by atoms with van der Waals surface area (Å²) in [4.78, 5) is 17.5. The Morgan fingerprint density at radius 3 is 2.60 bits per heavy atom. The highest BCUT2D eigenvalue weighted by Gasteiger charge is 2.14. The van der Waals surface area contributed by atoms with Gasteiger partial charge in [-0.3, -0.25) is 14.3 Å². The van der Waals surface area contributed by atoms with Gasteiger partial charge in [0.1, 0.15) is 11.6 Å². The number of carboxylic acids is 1. The van der Waals surface area contributed by atoms with Crippen LogP contribution in [0.1, 0.15) is 12.2 Å². The van der Waals surface area contributed by atoms with Crippen molar-refractivity contribution in [1.82, 2.24) is 14.5 Å². The highest BCUT2D eigenvalue weighted by atomic mass is 16.5. The van der Waals surface area contributed by atoms with E-state index in [1.165, 1.54) is 0 Å². The first-order valence-corrected chi connectivity index (χ1v) is 8.09. The minimum absolute atomic E-state index is 0.110. The summed E-state index contributed by atoms with van der Waals surface area (Å²) in [6, 6.07) is 15.8. The van der Waals surface area contributed by atoms with Gasteiger partial charge in [0.15, 0.2) is 0 Å². The zero-order valence-electron chi connectivity index (χ0n) is 14.3. The van der Waals surface area contributed by atoms with E-state index in [0.717, 1.165) is 28.3 Å². The first-order valence-electron chi connectivity index (χ1n) is 8.09. The summed E-state index contributed by atoms with van der Waals surface area (Å²) in [7, 11) is 3.55. The summed E-state index contributed by atoms with van der Waals surface area (Å²) in [6.07, 6.45) is 0.110. The van der Waals surface area contributed by atoms with Crippen molar-refractivity contribution in [2.45, 2.75) is 13.0 Å². The average Bonchev–Trinajstić information content (AvgIpc) is 2.97. The molecule has 0 aliphatic heterocycles. The molecule has 1 N–H and O–H groups in total. The second-order valence-electron chi connectivity index (χ2n) is 5.93. The highest BCUT2D eigenvalue weighted by Crippen LogP contribution is 2.24. The Morgan fingerprint density at radius 1 is 1.20 bits per heavy atom. The molecular formula is C19H21N3O3. The predicted molar refractivity (Wildman–Crippen MR) is 96.2 cm³/mol. The van der Waals surface area contributed by atoms with Gasteiger partial charge >= 0.3 is 5.97 Å². The molecule has 0 saturated heterocycles. The lowest BCUT2D eigenvalue weighted by molar-refractivity contribution is -0.137. The molecule has 1 aromatic heterocycles. The molecule has 0 unspecified atom stereocenters. The van der Waals surface area contributed by atoms with E-state index >= 15 is 0 Å². The van der Waals surface area contributed by atoms with Gasteiger partial charge in [-0.05, 0) is 43.4 Å². The van der Waals surface area contributed by atoms with Crippen LogP contribution in [-0.4, -0.2) is 46.2 Å². The number of aromatic nitrogens is 2. The van der Waals surface area contributed by atoms with Crippen LogP contribution in [0.3, 0.4) is 0 Å². The van der Waals surface area contributed by atoms with Crippen LogP contribution in [0.5, 0.6) is 5.75 Å². The van der Waals surface area contributed by atoms with Crippen LogP contribution in [-0.2, 0) is 11.3 Å². The maximum absolute atomic E-state index is 10.8. The van der Waals surface area contributed by atoms with E-state index in [9.17, 15) is 4.79 Å². The molecular weight excluding hydrogens is 318 g/mol. The van der Waals surface area contributed by atoms with Crippen molar-refractivity contribution in [3.05, 3.63) is 54.4 Å². The molecule has 0 spiro atoms. The zero-order chi connectivity index (χ0) is 17.8. The number of rotatable bonds is 7. The topological polar surface area (TPSA) is 67.6 Å². The molecule has 0 bridgehead atoms. The summed E-state index contributed by atoms with van der Waals surface area (Å²) >= 11 is 0. The number of aliphatic carboxylic acids is 1. The molecule has 0 saturated carbocycles. The fraction of sp³-hybridized carbons (Fsp3) is 0.263. The smallest absolute Gasteiger partial charge is 0.304 e. The lowest BCUT2D eigenvalue weighted by Gasteiger charge is -2.17. The average molecular weight is 339 g/mol. The lowest BCUT2D eigenvalue weighted by Crippen LogP contribution is -2.23. The zero-order valence-corrected chi connectivity index (χ0v) is 14.3. The molecule has 0 aliphatic carbocycles. The van der Waals surface area contributed by atoms with Gasteiger partial charge in [-0.25, -0.2) is 4.98 Å². The maximum atomic E-state index is 10.8. The van der Waals surface area contributed by atoms with Gasteiger partial charge in [0.25, 0.3) is 0 Å². The number of para-hydroxylation sites is 2. The minimum Gasteiger partial charge on any atom is -0.497 e. The van der Waals surface area contributed by atoms with Gasteiger partial charge in [0.2, 0.25) is 0 Å². The standard InChI is InChI=1S/C19H21N3O3/c1-21(12-11-19(23)24)13-18-20-16-5-3-4-6-17(16)22(18)14-7-9-15(25-2)10-8-14/h3-10H,11-13H2,1-2H3,(H,23,24). The van der Waals surface area contributed by atoms with E-state index in [1.807, 2.05) is 60.5 Å². The number of benzene rings is 2. The summed E-state index contributed by atoms with van der Waals surface area (Å²) in [5.74, 6) is 0.878. The summed E-state index contributed by atoms with van der Waals surface area (Å²) in [5, 5.41) is 8.87. The van der Waals surface area contributed by atoms with E-state index in [-0.39, 0.29) is 6.42 Å². The predicted octanol–water partition coefficient (Wildman–Crippen LogP) is 2.94. The van der Waals surface area contributed by atoms with Crippen LogP contribution >= 0.6 is 0 Å². The third-order valence-corrected chi connectivity index (χ3v) is 4.08. The maximum Gasteiger partial charge on any atom is 0.304 e. The lowest BCUT2D eigenvalue weighted by atomic mass is 10.2. The van der Waals surface area contributed by atoms with E-state index in [1.54, 1.807) is 7.11 Å². The SMILES string of the molecule is COc1ccc(-n2c(CN(C)CCC(=O)O)nc3ccccc32)cc1. The van der Waals surface area contributed by atoms with Crippen LogP contribution < -0.4 is 4.74 Å². The number of carbonyl (C=O) groups is 1. The van der Waals surface area contributed by atoms with Crippen molar-refractivity contribution < 1.29 is 14.6 Å². The first kappa shape index (κ1) is 17.0. The molecule has 1 heterocycles. The number of carboxylic acid groups (broad SMARTS) is 1. The van der Waals surface area contributed by atoms with Crippen molar-refractivity contribution in [2.75, 3.05) is 20.7 Å². The molecule has 0 atom stereocenters. The number of ether oxygens (including phenoxy) is 1. The van der Waals surface area contributed by atoms with E-state index in [2.05, 4.69) is 4.57 Å². The fourth-order valence-corrected chi connectivity index (χ4v) is 2.81. The molecule has 130 valence electrons.